The summed E-state index contributed by atoms with van der Waals surface area (Å²) in [5.41, 5.74) is 3.72. The Balaban J connectivity index is 1.38. The molecule has 0 heterocycles. The summed E-state index contributed by atoms with van der Waals surface area (Å²) in [5.74, 6) is -0.298. The van der Waals surface area contributed by atoms with E-state index in [4.69, 9.17) is 14.0 Å². The minimum Gasteiger partial charge on any atom is -0.508 e. The second kappa shape index (κ2) is 16.1. The number of esters is 1. The molecular weight excluding hydrogens is 577 g/mol. The molecule has 0 unspecified atom stereocenters. The number of carbonyl (C=O) groups excluding carboxylic acids is 1. The number of hydrogen-bond donors (Lipinski definition) is 2. The highest BCUT2D eigenvalue weighted by Crippen LogP contribution is 2.25. The van der Waals surface area contributed by atoms with E-state index in [0.717, 1.165) is 34.5 Å². The van der Waals surface area contributed by atoms with Crippen molar-refractivity contribution in [2.24, 2.45) is 9.98 Å². The Morgan fingerprint density at radius 2 is 1.33 bits per heavy atom. The van der Waals surface area contributed by atoms with Crippen molar-refractivity contribution in [1.82, 2.24) is 0 Å². The van der Waals surface area contributed by atoms with Gasteiger partial charge in [0, 0.05) is 25.3 Å². The maximum absolute atomic E-state index is 12.4. The standard InChI is InChI=1S/C33H42N2O6Si2/c1-42(2,21-5-7-32(37)38)41-43(3,4)22-6-8-33(39)40-31-19-13-27(14-20-31)24-34-23-26-9-15-29(16-10-26)35-25-28-11-17-30(36)18-12-28/h9-20,24-25,36H,5-8,21-23H2,1-4H3,(H,37,38). The van der Waals surface area contributed by atoms with Crippen LogP contribution in [0.4, 0.5) is 5.69 Å². The largest absolute Gasteiger partial charge is 0.508 e. The maximum atomic E-state index is 12.4. The fourth-order valence-electron chi connectivity index (χ4n) is 4.63. The highest BCUT2D eigenvalue weighted by Gasteiger charge is 2.32. The fraction of sp³-hybridized carbons (Fsp3) is 0.333. The van der Waals surface area contributed by atoms with E-state index < -0.39 is 22.6 Å². The predicted molar refractivity (Wildman–Crippen MR) is 177 cm³/mol. The highest BCUT2D eigenvalue weighted by molar-refractivity contribution is 6.84. The van der Waals surface area contributed by atoms with E-state index in [1.165, 1.54) is 0 Å². The van der Waals surface area contributed by atoms with Crippen LogP contribution in [-0.2, 0) is 20.2 Å². The Hall–Kier alpha value is -3.87. The van der Waals surface area contributed by atoms with Gasteiger partial charge in [-0.25, -0.2) is 0 Å². The van der Waals surface area contributed by atoms with Crippen molar-refractivity contribution in [2.45, 2.75) is 70.5 Å². The molecule has 10 heteroatoms. The van der Waals surface area contributed by atoms with Gasteiger partial charge >= 0.3 is 11.9 Å². The van der Waals surface area contributed by atoms with Crippen molar-refractivity contribution in [3.8, 4) is 11.5 Å². The topological polar surface area (TPSA) is 118 Å². The van der Waals surface area contributed by atoms with E-state index in [1.807, 2.05) is 36.4 Å². The fourth-order valence-corrected chi connectivity index (χ4v) is 13.5. The van der Waals surface area contributed by atoms with E-state index in [2.05, 4.69) is 36.2 Å². The van der Waals surface area contributed by atoms with Crippen LogP contribution in [0.1, 0.15) is 42.4 Å². The first-order chi connectivity index (χ1) is 20.4. The predicted octanol–water partition coefficient (Wildman–Crippen LogP) is 7.74. The van der Waals surface area contributed by atoms with Crippen LogP contribution < -0.4 is 4.74 Å². The Bertz CT molecular complexity index is 1390. The second-order valence-corrected chi connectivity index (χ2v) is 20.6. The summed E-state index contributed by atoms with van der Waals surface area (Å²) in [5, 5.41) is 18.3. The SMILES string of the molecule is C[Si](C)(CCCC(=O)O)O[Si](C)(C)CCCC(=O)Oc1ccc(C=NCc2ccc(N=Cc3ccc(O)cc3)cc2)cc1. The van der Waals surface area contributed by atoms with Crippen LogP contribution in [0.3, 0.4) is 0 Å². The zero-order chi connectivity index (χ0) is 31.3. The lowest BCUT2D eigenvalue weighted by Crippen LogP contribution is -2.44. The average Bonchev–Trinajstić information content (AvgIpc) is 2.93. The molecule has 0 radical (unpaired) electrons. The number of carboxylic acids is 1. The quantitative estimate of drug-likeness (QED) is 0.0734. The Morgan fingerprint density at radius 1 is 0.767 bits per heavy atom. The smallest absolute Gasteiger partial charge is 0.311 e. The number of nitrogens with zero attached hydrogens (tertiary/aromatic N) is 2. The molecule has 43 heavy (non-hydrogen) atoms. The molecule has 0 atom stereocenters. The van der Waals surface area contributed by atoms with Crippen LogP contribution >= 0.6 is 0 Å². The third kappa shape index (κ3) is 13.3. The third-order valence-corrected chi connectivity index (χ3v) is 14.2. The number of phenolic OH excluding ortho intramolecular Hbond substituents is 1. The summed E-state index contributed by atoms with van der Waals surface area (Å²) < 4.78 is 12.0. The normalized spacial score (nSPS) is 12.2. The van der Waals surface area contributed by atoms with Gasteiger partial charge in [-0.1, -0.05) is 12.1 Å². The summed E-state index contributed by atoms with van der Waals surface area (Å²) in [6.07, 6.45) is 5.40. The van der Waals surface area contributed by atoms with Crippen LogP contribution in [0.25, 0.3) is 0 Å². The lowest BCUT2D eigenvalue weighted by Gasteiger charge is -2.34. The van der Waals surface area contributed by atoms with Crippen LogP contribution in [0, 0.1) is 0 Å². The van der Waals surface area contributed by atoms with Gasteiger partial charge < -0.3 is 19.1 Å². The van der Waals surface area contributed by atoms with Crippen LogP contribution in [-0.4, -0.2) is 51.2 Å². The van der Waals surface area contributed by atoms with Crippen molar-refractivity contribution in [3.05, 3.63) is 89.5 Å². The second-order valence-electron chi connectivity index (χ2n) is 11.8. The number of phenols is 1. The molecule has 3 aromatic carbocycles. The molecule has 3 aromatic rings. The first-order valence-electron chi connectivity index (χ1n) is 14.5. The van der Waals surface area contributed by atoms with Gasteiger partial charge in [-0.05, 0) is 128 Å². The summed E-state index contributed by atoms with van der Waals surface area (Å²) >= 11 is 0. The summed E-state index contributed by atoms with van der Waals surface area (Å²) in [6.45, 7) is 9.14. The molecule has 2 N–H and O–H groups in total. The third-order valence-electron chi connectivity index (χ3n) is 6.70. The van der Waals surface area contributed by atoms with Crippen LogP contribution in [0.5, 0.6) is 11.5 Å². The van der Waals surface area contributed by atoms with Crippen molar-refractivity contribution in [1.29, 1.82) is 0 Å². The molecule has 0 aliphatic rings. The van der Waals surface area contributed by atoms with E-state index in [0.29, 0.717) is 31.6 Å². The number of carboxylic acid groups (broad SMARTS) is 1. The molecule has 0 aliphatic carbocycles. The van der Waals surface area contributed by atoms with Gasteiger partial charge in [-0.3, -0.25) is 19.6 Å². The van der Waals surface area contributed by atoms with E-state index in [1.54, 1.807) is 48.8 Å². The van der Waals surface area contributed by atoms with Gasteiger partial charge in [-0.2, -0.15) is 0 Å². The van der Waals surface area contributed by atoms with E-state index in [9.17, 15) is 14.7 Å². The average molecular weight is 619 g/mol. The monoisotopic (exact) mass is 618 g/mol. The molecule has 0 aliphatic heterocycles. The number of hydrogen-bond acceptors (Lipinski definition) is 7. The summed E-state index contributed by atoms with van der Waals surface area (Å²) in [7, 11) is -3.90. The zero-order valence-electron chi connectivity index (χ0n) is 25.5. The number of aliphatic imine (C=N–C) groups is 2. The number of ether oxygens (including phenoxy) is 1. The van der Waals surface area contributed by atoms with Crippen molar-refractivity contribution in [2.75, 3.05) is 0 Å². The Morgan fingerprint density at radius 3 is 1.93 bits per heavy atom. The molecule has 3 rings (SSSR count). The van der Waals surface area contributed by atoms with Crippen molar-refractivity contribution in [3.63, 3.8) is 0 Å². The first kappa shape index (κ1) is 33.6. The van der Waals surface area contributed by atoms with E-state index >= 15 is 0 Å². The summed E-state index contributed by atoms with van der Waals surface area (Å²) in [4.78, 5) is 32.2. The van der Waals surface area contributed by atoms with Crippen LogP contribution in [0.15, 0.2) is 82.8 Å². The van der Waals surface area contributed by atoms with Crippen molar-refractivity contribution < 1.29 is 28.7 Å². The lowest BCUT2D eigenvalue weighted by atomic mass is 10.2. The molecule has 0 saturated carbocycles. The van der Waals surface area contributed by atoms with Gasteiger partial charge in [0.2, 0.25) is 0 Å². The molecule has 0 spiro atoms. The number of aliphatic carboxylic acids is 1. The number of aromatic hydroxyl groups is 1. The van der Waals surface area contributed by atoms with Gasteiger partial charge in [-0.15, -0.1) is 0 Å². The number of benzene rings is 3. The highest BCUT2D eigenvalue weighted by atomic mass is 28.4. The minimum absolute atomic E-state index is 0.178. The molecule has 228 valence electrons. The van der Waals surface area contributed by atoms with Crippen molar-refractivity contribution >= 4 is 46.7 Å². The van der Waals surface area contributed by atoms with Gasteiger partial charge in [0.15, 0.2) is 16.6 Å². The number of rotatable bonds is 16. The van der Waals surface area contributed by atoms with Gasteiger partial charge in [0.25, 0.3) is 0 Å². The first-order valence-corrected chi connectivity index (χ1v) is 20.8. The Labute approximate surface area is 256 Å². The van der Waals surface area contributed by atoms with Gasteiger partial charge in [0.05, 0.1) is 12.2 Å². The molecule has 0 fully saturated rings. The zero-order valence-corrected chi connectivity index (χ0v) is 27.5. The van der Waals surface area contributed by atoms with E-state index in [-0.39, 0.29) is 18.1 Å². The summed E-state index contributed by atoms with van der Waals surface area (Å²) in [6, 6.07) is 23.7. The Kier molecular flexibility index (Phi) is 12.6. The minimum atomic E-state index is -1.96. The molecule has 0 bridgehead atoms. The van der Waals surface area contributed by atoms with Crippen LogP contribution in [0.2, 0.25) is 38.3 Å². The molecule has 8 nitrogen and oxygen atoms in total. The molecule has 0 saturated heterocycles. The lowest BCUT2D eigenvalue weighted by molar-refractivity contribution is -0.137. The number of carbonyl (C=O) groups is 2. The maximum Gasteiger partial charge on any atom is 0.311 e. The molecule has 0 amide bonds. The molecular formula is C33H42N2O6Si2. The molecule has 0 aromatic heterocycles. The van der Waals surface area contributed by atoms with Gasteiger partial charge in [0.1, 0.15) is 11.5 Å².